The number of nitrogens with zero attached hydrogens (tertiary/aromatic N) is 1. The van der Waals surface area contributed by atoms with Crippen LogP contribution in [0.15, 0.2) is 0 Å². The van der Waals surface area contributed by atoms with Crippen LogP contribution in [0.5, 0.6) is 0 Å². The average molecular weight is 227 g/mol. The summed E-state index contributed by atoms with van der Waals surface area (Å²) >= 11 is 0. The van der Waals surface area contributed by atoms with Crippen molar-refractivity contribution in [2.24, 2.45) is 11.8 Å². The fraction of sp³-hybridized carbons (Fsp3) is 0.923. The predicted molar refractivity (Wildman–Crippen MR) is 65.4 cm³/mol. The van der Waals surface area contributed by atoms with Gasteiger partial charge in [0.15, 0.2) is 0 Å². The first-order valence-corrected chi connectivity index (χ1v) is 6.27. The van der Waals surface area contributed by atoms with Crippen molar-refractivity contribution in [3.05, 3.63) is 0 Å². The normalized spacial score (nSPS) is 22.4. The van der Waals surface area contributed by atoms with Crippen LogP contribution in [-0.2, 0) is 4.74 Å². The maximum atomic E-state index is 11.9. The van der Waals surface area contributed by atoms with Crippen LogP contribution in [-0.4, -0.2) is 29.7 Å². The van der Waals surface area contributed by atoms with E-state index in [1.807, 2.05) is 25.7 Å². The van der Waals surface area contributed by atoms with Crippen LogP contribution in [0.1, 0.15) is 47.5 Å². The van der Waals surface area contributed by atoms with Gasteiger partial charge in [-0.05, 0) is 45.4 Å². The minimum atomic E-state index is -0.387. The lowest BCUT2D eigenvalue weighted by Gasteiger charge is -2.35. The Balaban J connectivity index is 2.50. The van der Waals surface area contributed by atoms with E-state index in [1.54, 1.807) is 0 Å². The van der Waals surface area contributed by atoms with Crippen LogP contribution in [0.3, 0.4) is 0 Å². The number of amides is 1. The molecule has 1 aliphatic heterocycles. The Morgan fingerprint density at radius 1 is 1.38 bits per heavy atom. The fourth-order valence-corrected chi connectivity index (χ4v) is 2.05. The van der Waals surface area contributed by atoms with Gasteiger partial charge in [0.1, 0.15) is 5.60 Å². The molecule has 0 radical (unpaired) electrons. The van der Waals surface area contributed by atoms with Crippen molar-refractivity contribution in [2.75, 3.05) is 13.1 Å². The third-order valence-electron chi connectivity index (χ3n) is 3.05. The first-order chi connectivity index (χ1) is 7.29. The highest BCUT2D eigenvalue weighted by molar-refractivity contribution is 5.68. The molecule has 0 aliphatic carbocycles. The number of hydrogen-bond acceptors (Lipinski definition) is 2. The monoisotopic (exact) mass is 227 g/mol. The molecule has 16 heavy (non-hydrogen) atoms. The number of hydrogen-bond donors (Lipinski definition) is 0. The summed E-state index contributed by atoms with van der Waals surface area (Å²) in [6, 6.07) is 0. The van der Waals surface area contributed by atoms with Crippen molar-refractivity contribution in [1.82, 2.24) is 4.90 Å². The van der Waals surface area contributed by atoms with Gasteiger partial charge >= 0.3 is 6.09 Å². The summed E-state index contributed by atoms with van der Waals surface area (Å²) in [6.07, 6.45) is 2.18. The maximum Gasteiger partial charge on any atom is 0.410 e. The molecule has 0 unspecified atom stereocenters. The molecule has 1 heterocycles. The highest BCUT2D eigenvalue weighted by Gasteiger charge is 2.28. The predicted octanol–water partition coefficient (Wildman–Crippen LogP) is 3.29. The van der Waals surface area contributed by atoms with Gasteiger partial charge in [0.2, 0.25) is 0 Å². The van der Waals surface area contributed by atoms with Crippen LogP contribution < -0.4 is 0 Å². The summed E-state index contributed by atoms with van der Waals surface area (Å²) in [7, 11) is 0. The lowest BCUT2D eigenvalue weighted by Crippen LogP contribution is -2.43. The standard InChI is InChI=1S/C13H25NO2/c1-10(2)11-7-6-8-14(9-11)12(15)16-13(3,4)5/h10-11H,6-9H2,1-5H3/t11-/m1/s1. The molecular weight excluding hydrogens is 202 g/mol. The van der Waals surface area contributed by atoms with E-state index < -0.39 is 0 Å². The molecule has 1 amide bonds. The number of likely N-dealkylation sites (tertiary alicyclic amines) is 1. The molecule has 3 heteroatoms. The molecular formula is C13H25NO2. The van der Waals surface area contributed by atoms with E-state index in [0.29, 0.717) is 11.8 Å². The molecule has 3 nitrogen and oxygen atoms in total. The summed E-state index contributed by atoms with van der Waals surface area (Å²) < 4.78 is 5.39. The van der Waals surface area contributed by atoms with Crippen LogP contribution in [0.4, 0.5) is 4.79 Å². The number of carbonyl (C=O) groups is 1. The van der Waals surface area contributed by atoms with Gasteiger partial charge < -0.3 is 9.64 Å². The SMILES string of the molecule is CC(C)[C@@H]1CCCN(C(=O)OC(C)(C)C)C1. The highest BCUT2D eigenvalue weighted by Crippen LogP contribution is 2.24. The lowest BCUT2D eigenvalue weighted by atomic mass is 9.88. The molecule has 1 rings (SSSR count). The fourth-order valence-electron chi connectivity index (χ4n) is 2.05. The van der Waals surface area contributed by atoms with E-state index in [-0.39, 0.29) is 11.7 Å². The zero-order chi connectivity index (χ0) is 12.3. The van der Waals surface area contributed by atoms with Gasteiger partial charge in [-0.3, -0.25) is 0 Å². The summed E-state index contributed by atoms with van der Waals surface area (Å²) in [5, 5.41) is 0. The molecule has 0 aromatic rings. The minimum Gasteiger partial charge on any atom is -0.444 e. The Labute approximate surface area is 99.1 Å². The molecule has 0 N–H and O–H groups in total. The van der Waals surface area contributed by atoms with E-state index in [0.717, 1.165) is 19.5 Å². The molecule has 0 saturated carbocycles. The zero-order valence-corrected chi connectivity index (χ0v) is 11.2. The van der Waals surface area contributed by atoms with Crippen molar-refractivity contribution in [2.45, 2.75) is 53.1 Å². The smallest absolute Gasteiger partial charge is 0.410 e. The van der Waals surface area contributed by atoms with Gasteiger partial charge in [-0.15, -0.1) is 0 Å². The Morgan fingerprint density at radius 2 is 2.00 bits per heavy atom. The molecule has 0 bridgehead atoms. The molecule has 1 aliphatic rings. The summed E-state index contributed by atoms with van der Waals surface area (Å²) in [4.78, 5) is 13.7. The van der Waals surface area contributed by atoms with Crippen LogP contribution in [0.2, 0.25) is 0 Å². The molecule has 1 fully saturated rings. The lowest BCUT2D eigenvalue weighted by molar-refractivity contribution is 0.0140. The number of piperidine rings is 1. The van der Waals surface area contributed by atoms with Crippen molar-refractivity contribution in [3.8, 4) is 0 Å². The summed E-state index contributed by atoms with van der Waals surface area (Å²) in [5.41, 5.74) is -0.387. The largest absolute Gasteiger partial charge is 0.444 e. The van der Waals surface area contributed by atoms with Gasteiger partial charge in [-0.25, -0.2) is 4.79 Å². The van der Waals surface area contributed by atoms with E-state index in [1.165, 1.54) is 6.42 Å². The molecule has 1 atom stereocenters. The average Bonchev–Trinajstić information content (AvgIpc) is 2.15. The Morgan fingerprint density at radius 3 is 2.50 bits per heavy atom. The second kappa shape index (κ2) is 5.07. The maximum absolute atomic E-state index is 11.9. The zero-order valence-electron chi connectivity index (χ0n) is 11.2. The van der Waals surface area contributed by atoms with E-state index in [2.05, 4.69) is 13.8 Å². The van der Waals surface area contributed by atoms with Crippen molar-refractivity contribution < 1.29 is 9.53 Å². The Hall–Kier alpha value is -0.730. The van der Waals surface area contributed by atoms with E-state index in [4.69, 9.17) is 4.74 Å². The van der Waals surface area contributed by atoms with E-state index >= 15 is 0 Å². The van der Waals surface area contributed by atoms with Gasteiger partial charge in [-0.2, -0.15) is 0 Å². The van der Waals surface area contributed by atoms with Crippen molar-refractivity contribution in [3.63, 3.8) is 0 Å². The summed E-state index contributed by atoms with van der Waals surface area (Å²) in [6.45, 7) is 11.9. The Kier molecular flexibility index (Phi) is 4.22. The number of rotatable bonds is 1. The van der Waals surface area contributed by atoms with Crippen LogP contribution >= 0.6 is 0 Å². The molecule has 94 valence electrons. The minimum absolute atomic E-state index is 0.155. The number of carbonyl (C=O) groups excluding carboxylic acids is 1. The third-order valence-corrected chi connectivity index (χ3v) is 3.05. The second-order valence-corrected chi connectivity index (χ2v) is 6.07. The van der Waals surface area contributed by atoms with Crippen molar-refractivity contribution >= 4 is 6.09 Å². The molecule has 0 aromatic heterocycles. The van der Waals surface area contributed by atoms with Gasteiger partial charge in [0.05, 0.1) is 0 Å². The van der Waals surface area contributed by atoms with E-state index in [9.17, 15) is 4.79 Å². The summed E-state index contributed by atoms with van der Waals surface area (Å²) in [5.74, 6) is 1.27. The van der Waals surface area contributed by atoms with Gasteiger partial charge in [0.25, 0.3) is 0 Å². The van der Waals surface area contributed by atoms with Gasteiger partial charge in [0, 0.05) is 13.1 Å². The highest BCUT2D eigenvalue weighted by atomic mass is 16.6. The first-order valence-electron chi connectivity index (χ1n) is 6.27. The second-order valence-electron chi connectivity index (χ2n) is 6.07. The topological polar surface area (TPSA) is 29.5 Å². The third kappa shape index (κ3) is 4.03. The molecule has 1 saturated heterocycles. The van der Waals surface area contributed by atoms with Crippen LogP contribution in [0, 0.1) is 11.8 Å². The molecule has 0 spiro atoms. The molecule has 0 aromatic carbocycles. The Bertz CT molecular complexity index is 243. The quantitative estimate of drug-likeness (QED) is 0.688. The van der Waals surface area contributed by atoms with Crippen LogP contribution in [0.25, 0.3) is 0 Å². The van der Waals surface area contributed by atoms with Gasteiger partial charge in [-0.1, -0.05) is 13.8 Å². The van der Waals surface area contributed by atoms with Crippen molar-refractivity contribution in [1.29, 1.82) is 0 Å². The number of ether oxygens (including phenoxy) is 1. The first kappa shape index (κ1) is 13.3.